The summed E-state index contributed by atoms with van der Waals surface area (Å²) < 4.78 is 10.8. The Kier molecular flexibility index (Phi) is 4.38. The molecule has 0 heterocycles. The van der Waals surface area contributed by atoms with Gasteiger partial charge in [-0.25, -0.2) is 0 Å². The van der Waals surface area contributed by atoms with Crippen molar-refractivity contribution in [1.29, 1.82) is 0 Å². The van der Waals surface area contributed by atoms with Gasteiger partial charge in [0.25, 0.3) is 0 Å². The molecule has 16 heavy (non-hydrogen) atoms. The van der Waals surface area contributed by atoms with E-state index < -0.39 is 6.10 Å². The molecule has 3 heteroatoms. The van der Waals surface area contributed by atoms with Crippen molar-refractivity contribution < 1.29 is 14.6 Å². The number of aliphatic hydroxyl groups excluding tert-OH is 1. The van der Waals surface area contributed by atoms with Crippen LogP contribution in [0.4, 0.5) is 0 Å². The molecule has 1 unspecified atom stereocenters. The zero-order valence-corrected chi connectivity index (χ0v) is 9.93. The van der Waals surface area contributed by atoms with E-state index in [2.05, 4.69) is 6.58 Å². The van der Waals surface area contributed by atoms with Gasteiger partial charge < -0.3 is 14.6 Å². The van der Waals surface area contributed by atoms with Crippen LogP contribution in [0.15, 0.2) is 30.9 Å². The van der Waals surface area contributed by atoms with E-state index in [1.807, 2.05) is 13.0 Å². The maximum absolute atomic E-state index is 9.45. The van der Waals surface area contributed by atoms with Crippen molar-refractivity contribution in [3.05, 3.63) is 36.4 Å². The van der Waals surface area contributed by atoms with Crippen molar-refractivity contribution in [3.8, 4) is 11.5 Å². The van der Waals surface area contributed by atoms with E-state index in [1.165, 1.54) is 0 Å². The highest BCUT2D eigenvalue weighted by atomic mass is 16.5. The number of hydrogen-bond acceptors (Lipinski definition) is 3. The fraction of sp³-hybridized carbons (Fsp3) is 0.385. The Balaban J connectivity index is 2.97. The number of ether oxygens (including phenoxy) is 2. The van der Waals surface area contributed by atoms with E-state index in [0.717, 1.165) is 5.56 Å². The Morgan fingerprint density at radius 1 is 1.31 bits per heavy atom. The van der Waals surface area contributed by atoms with Gasteiger partial charge in [0.15, 0.2) is 11.5 Å². The van der Waals surface area contributed by atoms with Gasteiger partial charge in [-0.3, -0.25) is 0 Å². The number of benzene rings is 1. The minimum absolute atomic E-state index is 0.0775. The molecule has 0 aliphatic rings. The summed E-state index contributed by atoms with van der Waals surface area (Å²) in [6, 6.07) is 5.38. The average molecular weight is 222 g/mol. The van der Waals surface area contributed by atoms with Crippen LogP contribution in [-0.4, -0.2) is 18.3 Å². The van der Waals surface area contributed by atoms with Crippen molar-refractivity contribution in [1.82, 2.24) is 0 Å². The normalized spacial score (nSPS) is 14.0. The van der Waals surface area contributed by atoms with Gasteiger partial charge in [0.2, 0.25) is 0 Å². The summed E-state index contributed by atoms with van der Waals surface area (Å²) in [5.74, 6) is 1.27. The van der Waals surface area contributed by atoms with Crippen molar-refractivity contribution in [2.45, 2.75) is 26.1 Å². The van der Waals surface area contributed by atoms with Crippen LogP contribution in [0.3, 0.4) is 0 Å². The van der Waals surface area contributed by atoms with Crippen molar-refractivity contribution in [2.75, 3.05) is 7.11 Å². The molecule has 0 fully saturated rings. The van der Waals surface area contributed by atoms with Crippen LogP contribution < -0.4 is 9.47 Å². The van der Waals surface area contributed by atoms with Gasteiger partial charge in [0.05, 0.1) is 13.2 Å². The molecule has 0 bridgehead atoms. The second-order valence-electron chi connectivity index (χ2n) is 3.64. The van der Waals surface area contributed by atoms with Crippen LogP contribution >= 0.6 is 0 Å². The van der Waals surface area contributed by atoms with E-state index in [4.69, 9.17) is 9.47 Å². The Bertz CT molecular complexity index is 358. The first-order valence-electron chi connectivity index (χ1n) is 5.23. The number of rotatable bonds is 5. The third-order valence-electron chi connectivity index (χ3n) is 2.31. The Hall–Kier alpha value is -1.48. The third kappa shape index (κ3) is 3.00. The van der Waals surface area contributed by atoms with Crippen LogP contribution in [0.25, 0.3) is 0 Å². The predicted molar refractivity (Wildman–Crippen MR) is 63.9 cm³/mol. The molecule has 3 nitrogen and oxygen atoms in total. The highest BCUT2D eigenvalue weighted by molar-refractivity contribution is 5.43. The molecule has 1 rings (SSSR count). The van der Waals surface area contributed by atoms with E-state index in [0.29, 0.717) is 11.5 Å². The molecule has 0 saturated heterocycles. The lowest BCUT2D eigenvalue weighted by atomic mass is 10.1. The molecule has 1 aromatic carbocycles. The molecule has 0 aliphatic carbocycles. The summed E-state index contributed by atoms with van der Waals surface area (Å²) in [5, 5.41) is 9.45. The summed E-state index contributed by atoms with van der Waals surface area (Å²) >= 11 is 0. The monoisotopic (exact) mass is 222 g/mol. The predicted octanol–water partition coefficient (Wildman–Crippen LogP) is 2.70. The fourth-order valence-corrected chi connectivity index (χ4v) is 1.29. The topological polar surface area (TPSA) is 38.7 Å². The molecule has 1 N–H and O–H groups in total. The lowest BCUT2D eigenvalue weighted by Gasteiger charge is -2.15. The van der Waals surface area contributed by atoms with Crippen LogP contribution in [0.5, 0.6) is 11.5 Å². The molecule has 0 spiro atoms. The highest BCUT2D eigenvalue weighted by Crippen LogP contribution is 2.30. The van der Waals surface area contributed by atoms with Gasteiger partial charge in [-0.1, -0.05) is 18.7 Å². The average Bonchev–Trinajstić information content (AvgIpc) is 2.29. The maximum Gasteiger partial charge on any atom is 0.162 e. The minimum Gasteiger partial charge on any atom is -0.493 e. The first-order chi connectivity index (χ1) is 7.58. The summed E-state index contributed by atoms with van der Waals surface area (Å²) in [7, 11) is 1.58. The zero-order chi connectivity index (χ0) is 12.1. The Morgan fingerprint density at radius 2 is 2.00 bits per heavy atom. The summed E-state index contributed by atoms with van der Waals surface area (Å²) in [6.07, 6.45) is 1.12. The van der Waals surface area contributed by atoms with E-state index in [1.54, 1.807) is 32.2 Å². The van der Waals surface area contributed by atoms with Crippen molar-refractivity contribution in [2.24, 2.45) is 0 Å². The number of methoxy groups -OCH3 is 1. The van der Waals surface area contributed by atoms with Crippen LogP contribution in [0.1, 0.15) is 25.5 Å². The first-order valence-corrected chi connectivity index (χ1v) is 5.23. The molecule has 0 amide bonds. The molecule has 0 aromatic heterocycles. The summed E-state index contributed by atoms with van der Waals surface area (Å²) in [6.45, 7) is 7.26. The van der Waals surface area contributed by atoms with Crippen molar-refractivity contribution >= 4 is 0 Å². The summed E-state index contributed by atoms with van der Waals surface area (Å²) in [4.78, 5) is 0. The van der Waals surface area contributed by atoms with Crippen LogP contribution in [0.2, 0.25) is 0 Å². The van der Waals surface area contributed by atoms with E-state index in [9.17, 15) is 5.11 Å². The Labute approximate surface area is 96.3 Å². The molecule has 0 radical (unpaired) electrons. The van der Waals surface area contributed by atoms with E-state index in [-0.39, 0.29) is 6.10 Å². The largest absolute Gasteiger partial charge is 0.493 e. The molecular weight excluding hydrogens is 204 g/mol. The first kappa shape index (κ1) is 12.6. The smallest absolute Gasteiger partial charge is 0.162 e. The van der Waals surface area contributed by atoms with Gasteiger partial charge >= 0.3 is 0 Å². The minimum atomic E-state index is -0.514. The van der Waals surface area contributed by atoms with Gasteiger partial charge in [-0.15, -0.1) is 0 Å². The number of aliphatic hydroxyl groups is 1. The summed E-state index contributed by atoms with van der Waals surface area (Å²) in [5.41, 5.74) is 0.801. The molecule has 1 aromatic rings. The van der Waals surface area contributed by atoms with Crippen LogP contribution in [-0.2, 0) is 0 Å². The highest BCUT2D eigenvalue weighted by Gasteiger charge is 2.10. The third-order valence-corrected chi connectivity index (χ3v) is 2.31. The molecule has 88 valence electrons. The molecule has 0 saturated carbocycles. The SMILES string of the molecule is C=CC(C)Oc1ccc([C@@H](C)O)cc1OC. The van der Waals surface area contributed by atoms with Gasteiger partial charge in [-0.2, -0.15) is 0 Å². The lowest BCUT2D eigenvalue weighted by Crippen LogP contribution is -2.08. The van der Waals surface area contributed by atoms with Gasteiger partial charge in [0.1, 0.15) is 6.10 Å². The van der Waals surface area contributed by atoms with Gasteiger partial charge in [-0.05, 0) is 31.5 Å². The Morgan fingerprint density at radius 3 is 2.50 bits per heavy atom. The van der Waals surface area contributed by atoms with Crippen molar-refractivity contribution in [3.63, 3.8) is 0 Å². The van der Waals surface area contributed by atoms with Crippen LogP contribution in [0, 0.1) is 0 Å². The molecular formula is C13H18O3. The number of hydrogen-bond donors (Lipinski definition) is 1. The molecule has 2 atom stereocenters. The van der Waals surface area contributed by atoms with Gasteiger partial charge in [0, 0.05) is 0 Å². The second-order valence-corrected chi connectivity index (χ2v) is 3.64. The molecule has 0 aliphatic heterocycles. The maximum atomic E-state index is 9.45. The zero-order valence-electron chi connectivity index (χ0n) is 9.93. The second kappa shape index (κ2) is 5.56. The quantitative estimate of drug-likeness (QED) is 0.778. The van der Waals surface area contributed by atoms with E-state index >= 15 is 0 Å². The standard InChI is InChI=1S/C13H18O3/c1-5-9(2)16-12-7-6-11(10(3)14)8-13(12)15-4/h5-10,14H,1H2,2-4H3/t9?,10-/m1/s1. The fourth-order valence-electron chi connectivity index (χ4n) is 1.29. The lowest BCUT2D eigenvalue weighted by molar-refractivity contribution is 0.198.